The Balaban J connectivity index is 2.04. The highest BCUT2D eigenvalue weighted by atomic mass is 19.1. The third-order valence-electron chi connectivity index (χ3n) is 4.91. The summed E-state index contributed by atoms with van der Waals surface area (Å²) in [6.07, 6.45) is 0.105. The number of halogens is 1. The first-order valence-electron chi connectivity index (χ1n) is 10.4. The number of esters is 1. The van der Waals surface area contributed by atoms with Crippen LogP contribution in [0.5, 0.6) is 11.5 Å². The third-order valence-corrected chi connectivity index (χ3v) is 4.91. The van der Waals surface area contributed by atoms with Crippen LogP contribution in [0.4, 0.5) is 9.18 Å². The van der Waals surface area contributed by atoms with Gasteiger partial charge in [0.1, 0.15) is 12.4 Å². The fourth-order valence-corrected chi connectivity index (χ4v) is 3.46. The Labute approximate surface area is 186 Å². The minimum absolute atomic E-state index is 0.142. The molecule has 170 valence electrons. The van der Waals surface area contributed by atoms with Crippen LogP contribution in [0.3, 0.4) is 0 Å². The average Bonchev–Trinajstić information content (AvgIpc) is 2.77. The van der Waals surface area contributed by atoms with E-state index >= 15 is 0 Å². The van der Waals surface area contributed by atoms with Gasteiger partial charge in [0.25, 0.3) is 0 Å². The maximum absolute atomic E-state index is 13.2. The van der Waals surface area contributed by atoms with Crippen LogP contribution in [0.15, 0.2) is 53.7 Å². The van der Waals surface area contributed by atoms with E-state index in [2.05, 4.69) is 10.6 Å². The molecule has 8 heteroatoms. The molecule has 1 unspecified atom stereocenters. The summed E-state index contributed by atoms with van der Waals surface area (Å²) >= 11 is 0. The van der Waals surface area contributed by atoms with Gasteiger partial charge in [-0.05, 0) is 44.0 Å². The van der Waals surface area contributed by atoms with E-state index in [-0.39, 0.29) is 18.5 Å². The zero-order valence-electron chi connectivity index (χ0n) is 18.5. The molecule has 2 aromatic carbocycles. The van der Waals surface area contributed by atoms with Crippen LogP contribution in [0.1, 0.15) is 44.4 Å². The molecule has 2 amide bonds. The molecule has 1 atom stereocenters. The molecule has 1 aliphatic heterocycles. The van der Waals surface area contributed by atoms with Gasteiger partial charge in [-0.2, -0.15) is 0 Å². The zero-order valence-corrected chi connectivity index (χ0v) is 18.5. The quantitative estimate of drug-likeness (QED) is 0.593. The first-order valence-corrected chi connectivity index (χ1v) is 10.4. The highest BCUT2D eigenvalue weighted by Crippen LogP contribution is 2.40. The summed E-state index contributed by atoms with van der Waals surface area (Å²) in [4.78, 5) is 25.3. The fourth-order valence-electron chi connectivity index (χ4n) is 3.46. The topological polar surface area (TPSA) is 85.9 Å². The number of urea groups is 1. The third kappa shape index (κ3) is 5.19. The molecule has 0 saturated carbocycles. The van der Waals surface area contributed by atoms with E-state index in [4.69, 9.17) is 14.2 Å². The number of amides is 2. The largest absolute Gasteiger partial charge is 0.493 e. The molecule has 2 N–H and O–H groups in total. The van der Waals surface area contributed by atoms with Crippen molar-refractivity contribution in [3.8, 4) is 11.5 Å². The van der Waals surface area contributed by atoms with Crippen LogP contribution in [-0.4, -0.2) is 25.2 Å². The van der Waals surface area contributed by atoms with E-state index in [0.717, 1.165) is 5.56 Å². The van der Waals surface area contributed by atoms with Crippen LogP contribution in [-0.2, 0) is 16.1 Å². The van der Waals surface area contributed by atoms with Crippen molar-refractivity contribution < 1.29 is 28.2 Å². The van der Waals surface area contributed by atoms with E-state index in [1.807, 2.05) is 6.92 Å². The van der Waals surface area contributed by atoms with Crippen molar-refractivity contribution >= 4 is 12.0 Å². The minimum atomic E-state index is -0.803. The number of allylic oxidation sites excluding steroid dienone is 1. The molecule has 0 aromatic heterocycles. The average molecular weight is 442 g/mol. The van der Waals surface area contributed by atoms with Crippen molar-refractivity contribution in [2.75, 3.05) is 7.11 Å². The molecule has 32 heavy (non-hydrogen) atoms. The normalized spacial score (nSPS) is 15.8. The van der Waals surface area contributed by atoms with Crippen LogP contribution in [0.25, 0.3) is 0 Å². The summed E-state index contributed by atoms with van der Waals surface area (Å²) in [7, 11) is 1.51. The summed E-state index contributed by atoms with van der Waals surface area (Å²) in [6.45, 7) is 5.51. The van der Waals surface area contributed by atoms with E-state index < -0.39 is 18.0 Å². The monoisotopic (exact) mass is 442 g/mol. The lowest BCUT2D eigenvalue weighted by Crippen LogP contribution is -2.46. The standard InChI is InChI=1S/C24H27FN2O5/c1-5-18-20(23(28)32-14(2)3)21(27-24(29)26-18)17-7-6-8-19(30-4)22(17)31-13-15-9-11-16(25)12-10-15/h6-12,14,21H,5,13H2,1-4H3,(H2,26,27,29). The summed E-state index contributed by atoms with van der Waals surface area (Å²) in [6, 6.07) is 9.95. The molecule has 3 rings (SSSR count). The number of para-hydroxylation sites is 1. The van der Waals surface area contributed by atoms with E-state index in [9.17, 15) is 14.0 Å². The summed E-state index contributed by atoms with van der Waals surface area (Å²) in [5.74, 6) is -0.0554. The number of carbonyl (C=O) groups excluding carboxylic acids is 2. The first-order chi connectivity index (χ1) is 15.3. The number of benzene rings is 2. The Morgan fingerprint density at radius 3 is 2.50 bits per heavy atom. The van der Waals surface area contributed by atoms with E-state index in [1.54, 1.807) is 44.2 Å². The number of methoxy groups -OCH3 is 1. The number of nitrogens with one attached hydrogen (secondary N) is 2. The SMILES string of the molecule is CCC1=C(C(=O)OC(C)C)C(c2cccc(OC)c2OCc2ccc(F)cc2)NC(=O)N1. The second-order valence-corrected chi connectivity index (χ2v) is 7.53. The van der Waals surface area contributed by atoms with Gasteiger partial charge in [-0.25, -0.2) is 14.0 Å². The molecular formula is C24H27FN2O5. The van der Waals surface area contributed by atoms with Gasteiger partial charge in [-0.15, -0.1) is 0 Å². The Kier molecular flexibility index (Phi) is 7.35. The molecule has 0 radical (unpaired) electrons. The van der Waals surface area contributed by atoms with Gasteiger partial charge in [0.05, 0.1) is 24.8 Å². The predicted molar refractivity (Wildman–Crippen MR) is 117 cm³/mol. The van der Waals surface area contributed by atoms with Gasteiger partial charge >= 0.3 is 12.0 Å². The fraction of sp³-hybridized carbons (Fsp3) is 0.333. The smallest absolute Gasteiger partial charge is 0.338 e. The molecule has 7 nitrogen and oxygen atoms in total. The summed E-state index contributed by atoms with van der Waals surface area (Å²) in [5, 5.41) is 5.51. The summed E-state index contributed by atoms with van der Waals surface area (Å²) < 4.78 is 30.2. The zero-order chi connectivity index (χ0) is 23.3. The number of rotatable bonds is 8. The Morgan fingerprint density at radius 2 is 1.88 bits per heavy atom. The Morgan fingerprint density at radius 1 is 1.16 bits per heavy atom. The van der Waals surface area contributed by atoms with Crippen LogP contribution >= 0.6 is 0 Å². The van der Waals surface area contributed by atoms with Gasteiger partial charge in [0.2, 0.25) is 0 Å². The highest BCUT2D eigenvalue weighted by Gasteiger charge is 2.35. The van der Waals surface area contributed by atoms with Crippen LogP contribution in [0.2, 0.25) is 0 Å². The number of hydrogen-bond donors (Lipinski definition) is 2. The second-order valence-electron chi connectivity index (χ2n) is 7.53. The minimum Gasteiger partial charge on any atom is -0.493 e. The van der Waals surface area contributed by atoms with Crippen LogP contribution in [0, 0.1) is 5.82 Å². The van der Waals surface area contributed by atoms with Gasteiger partial charge in [-0.1, -0.05) is 31.2 Å². The number of carbonyl (C=O) groups is 2. The maximum atomic E-state index is 13.2. The van der Waals surface area contributed by atoms with Crippen molar-refractivity contribution in [3.05, 3.63) is 70.7 Å². The molecule has 1 aliphatic rings. The van der Waals surface area contributed by atoms with Gasteiger partial charge in [-0.3, -0.25) is 0 Å². The molecule has 0 bridgehead atoms. The molecular weight excluding hydrogens is 415 g/mol. The van der Waals surface area contributed by atoms with Crippen molar-refractivity contribution in [2.45, 2.75) is 45.9 Å². The van der Waals surface area contributed by atoms with Gasteiger partial charge in [0, 0.05) is 11.3 Å². The molecule has 1 heterocycles. The second kappa shape index (κ2) is 10.2. The first kappa shape index (κ1) is 23.1. The lowest BCUT2D eigenvalue weighted by molar-refractivity contribution is -0.143. The molecule has 0 saturated heterocycles. The van der Waals surface area contributed by atoms with Crippen molar-refractivity contribution in [3.63, 3.8) is 0 Å². The van der Waals surface area contributed by atoms with Gasteiger partial charge in [0.15, 0.2) is 11.5 Å². The number of ether oxygens (including phenoxy) is 3. The molecule has 0 aliphatic carbocycles. The van der Waals surface area contributed by atoms with Crippen LogP contribution < -0.4 is 20.1 Å². The van der Waals surface area contributed by atoms with E-state index in [1.165, 1.54) is 19.2 Å². The lowest BCUT2D eigenvalue weighted by atomic mass is 9.93. The number of hydrogen-bond acceptors (Lipinski definition) is 5. The molecule has 2 aromatic rings. The molecule has 0 spiro atoms. The molecule has 0 fully saturated rings. The van der Waals surface area contributed by atoms with Crippen molar-refractivity contribution in [2.24, 2.45) is 0 Å². The Hall–Kier alpha value is -3.55. The predicted octanol–water partition coefficient (Wildman–Crippen LogP) is 4.38. The highest BCUT2D eigenvalue weighted by molar-refractivity contribution is 5.95. The summed E-state index contributed by atoms with van der Waals surface area (Å²) in [5.41, 5.74) is 2.09. The van der Waals surface area contributed by atoms with Crippen molar-refractivity contribution in [1.29, 1.82) is 0 Å². The van der Waals surface area contributed by atoms with Gasteiger partial charge < -0.3 is 24.8 Å². The lowest BCUT2D eigenvalue weighted by Gasteiger charge is -2.30. The maximum Gasteiger partial charge on any atom is 0.338 e. The van der Waals surface area contributed by atoms with E-state index in [0.29, 0.717) is 34.8 Å². The van der Waals surface area contributed by atoms with Crippen molar-refractivity contribution in [1.82, 2.24) is 10.6 Å². The Bertz CT molecular complexity index is 1020.